The summed E-state index contributed by atoms with van der Waals surface area (Å²) in [5.74, 6) is 0.635. The van der Waals surface area contributed by atoms with Gasteiger partial charge in [0.2, 0.25) is 5.91 Å². The Kier molecular flexibility index (Phi) is 5.67. The van der Waals surface area contributed by atoms with Gasteiger partial charge in [-0.2, -0.15) is 0 Å². The normalized spacial score (nSPS) is 10.9. The molecule has 6 nitrogen and oxygen atoms in total. The van der Waals surface area contributed by atoms with Crippen molar-refractivity contribution in [2.75, 3.05) is 12.4 Å². The van der Waals surface area contributed by atoms with Gasteiger partial charge in [-0.1, -0.05) is 18.2 Å². The molecule has 3 heterocycles. The van der Waals surface area contributed by atoms with Crippen molar-refractivity contribution < 1.29 is 9.18 Å². The number of nitrogens with one attached hydrogen (secondary N) is 2. The van der Waals surface area contributed by atoms with Crippen LogP contribution in [0.3, 0.4) is 0 Å². The number of hydrogen-bond acceptors (Lipinski definition) is 6. The van der Waals surface area contributed by atoms with Gasteiger partial charge < -0.3 is 10.6 Å². The Bertz CT molecular complexity index is 1190. The van der Waals surface area contributed by atoms with Gasteiger partial charge in [0, 0.05) is 23.7 Å². The number of carbonyl (C=O) groups is 1. The lowest BCUT2D eigenvalue weighted by molar-refractivity contribution is -0.120. The van der Waals surface area contributed by atoms with Gasteiger partial charge >= 0.3 is 0 Å². The maximum absolute atomic E-state index is 13.5. The van der Waals surface area contributed by atoms with Gasteiger partial charge in [0.25, 0.3) is 0 Å². The van der Waals surface area contributed by atoms with E-state index in [2.05, 4.69) is 25.6 Å². The summed E-state index contributed by atoms with van der Waals surface area (Å²) in [6.07, 6.45) is 1.83. The Labute approximate surface area is 177 Å². The van der Waals surface area contributed by atoms with Crippen LogP contribution in [0, 0.1) is 12.7 Å². The number of anilines is 1. The molecule has 0 aliphatic heterocycles. The summed E-state index contributed by atoms with van der Waals surface area (Å²) in [7, 11) is 1.59. The smallest absolute Gasteiger partial charge is 0.227 e. The number of aryl methyl sites for hydroxylation is 1. The molecule has 0 bridgehead atoms. The van der Waals surface area contributed by atoms with E-state index in [-0.39, 0.29) is 18.1 Å². The van der Waals surface area contributed by atoms with Gasteiger partial charge in [-0.25, -0.2) is 14.4 Å². The molecule has 0 aliphatic rings. The predicted octanol–water partition coefficient (Wildman–Crippen LogP) is 4.10. The molecule has 0 saturated carbocycles. The van der Waals surface area contributed by atoms with Crippen LogP contribution in [0.25, 0.3) is 21.3 Å². The first-order valence-corrected chi connectivity index (χ1v) is 10.3. The zero-order valence-electron chi connectivity index (χ0n) is 16.6. The molecule has 0 unspecified atom stereocenters. The number of hydrogen-bond donors (Lipinski definition) is 2. The predicted molar refractivity (Wildman–Crippen MR) is 117 cm³/mol. The monoisotopic (exact) mass is 421 g/mol. The summed E-state index contributed by atoms with van der Waals surface area (Å²) >= 11 is 1.53. The quantitative estimate of drug-likeness (QED) is 0.490. The van der Waals surface area contributed by atoms with Gasteiger partial charge in [0.15, 0.2) is 0 Å². The van der Waals surface area contributed by atoms with Crippen molar-refractivity contribution >= 4 is 33.3 Å². The summed E-state index contributed by atoms with van der Waals surface area (Å²) < 4.78 is 13.5. The van der Waals surface area contributed by atoms with Crippen molar-refractivity contribution in [3.05, 3.63) is 70.9 Å². The SMILES string of the molecule is CNC(=O)Cc1nc(NCc2ccccn2)c2c(-c3ccc(F)cc3)c(C)sc2n1. The first-order chi connectivity index (χ1) is 14.5. The molecule has 4 rings (SSSR count). The summed E-state index contributed by atoms with van der Waals surface area (Å²) in [4.78, 5) is 27.3. The Balaban J connectivity index is 1.83. The van der Waals surface area contributed by atoms with Crippen LogP contribution in [0.5, 0.6) is 0 Å². The lowest BCUT2D eigenvalue weighted by atomic mass is 10.0. The molecule has 0 atom stereocenters. The van der Waals surface area contributed by atoms with Crippen LogP contribution in [0.15, 0.2) is 48.7 Å². The summed E-state index contributed by atoms with van der Waals surface area (Å²) in [5, 5.41) is 6.82. The molecular formula is C22H20FN5OS. The van der Waals surface area contributed by atoms with E-state index in [1.807, 2.05) is 25.1 Å². The highest BCUT2D eigenvalue weighted by Crippen LogP contribution is 2.40. The lowest BCUT2D eigenvalue weighted by Crippen LogP contribution is -2.21. The standard InChI is InChI=1S/C22H20FN5OS/c1-13-19(14-6-8-15(23)9-7-14)20-21(26-12-16-5-3-4-10-25-16)27-17(11-18(29)24-2)28-22(20)30-13/h3-10H,11-12H2,1-2H3,(H,24,29)(H,26,27,28). The van der Waals surface area contributed by atoms with Crippen molar-refractivity contribution in [1.29, 1.82) is 0 Å². The Hall–Kier alpha value is -3.39. The molecule has 0 saturated heterocycles. The fourth-order valence-corrected chi connectivity index (χ4v) is 4.30. The minimum atomic E-state index is -0.284. The molecule has 30 heavy (non-hydrogen) atoms. The maximum Gasteiger partial charge on any atom is 0.227 e. The minimum absolute atomic E-state index is 0.0908. The van der Waals surface area contributed by atoms with E-state index in [4.69, 9.17) is 0 Å². The number of fused-ring (bicyclic) bond motifs is 1. The third-order valence-corrected chi connectivity index (χ3v) is 5.67. The summed E-state index contributed by atoms with van der Waals surface area (Å²) in [6.45, 7) is 2.48. The average molecular weight is 422 g/mol. The summed E-state index contributed by atoms with van der Waals surface area (Å²) in [6, 6.07) is 12.1. The number of aromatic nitrogens is 3. The van der Waals surface area contributed by atoms with Gasteiger partial charge in [0.05, 0.1) is 24.0 Å². The minimum Gasteiger partial charge on any atom is -0.364 e. The van der Waals surface area contributed by atoms with Crippen LogP contribution in [0.1, 0.15) is 16.4 Å². The van der Waals surface area contributed by atoms with Gasteiger partial charge in [-0.05, 0) is 36.8 Å². The van der Waals surface area contributed by atoms with Gasteiger partial charge in [-0.15, -0.1) is 11.3 Å². The van der Waals surface area contributed by atoms with Crippen molar-refractivity contribution in [3.8, 4) is 11.1 Å². The van der Waals surface area contributed by atoms with Gasteiger partial charge in [0.1, 0.15) is 22.3 Å². The Morgan fingerprint density at radius 3 is 2.63 bits per heavy atom. The van der Waals surface area contributed by atoms with Crippen LogP contribution < -0.4 is 10.6 Å². The molecule has 8 heteroatoms. The molecule has 4 aromatic rings. The van der Waals surface area contributed by atoms with Crippen LogP contribution >= 0.6 is 11.3 Å². The maximum atomic E-state index is 13.5. The molecule has 0 radical (unpaired) electrons. The van der Waals surface area contributed by atoms with Crippen molar-refractivity contribution in [3.63, 3.8) is 0 Å². The van der Waals surface area contributed by atoms with Crippen molar-refractivity contribution in [1.82, 2.24) is 20.3 Å². The number of halogens is 1. The highest BCUT2D eigenvalue weighted by Gasteiger charge is 2.19. The fourth-order valence-electron chi connectivity index (χ4n) is 3.24. The van der Waals surface area contributed by atoms with E-state index in [1.165, 1.54) is 23.5 Å². The number of amides is 1. The number of likely N-dealkylation sites (N-methyl/N-ethyl adjacent to an activating group) is 1. The number of carbonyl (C=O) groups excluding carboxylic acids is 1. The van der Waals surface area contributed by atoms with Crippen molar-refractivity contribution in [2.45, 2.75) is 19.9 Å². The molecule has 0 aliphatic carbocycles. The van der Waals surface area contributed by atoms with Crippen molar-refractivity contribution in [2.24, 2.45) is 0 Å². The second-order valence-electron chi connectivity index (χ2n) is 6.73. The van der Waals surface area contributed by atoms with Crippen LogP contribution in [0.2, 0.25) is 0 Å². The Morgan fingerprint density at radius 2 is 1.93 bits per heavy atom. The largest absolute Gasteiger partial charge is 0.364 e. The second kappa shape index (κ2) is 8.54. The number of rotatable bonds is 6. The summed E-state index contributed by atoms with van der Waals surface area (Å²) in [5.41, 5.74) is 2.72. The van der Waals surface area contributed by atoms with Crippen LogP contribution in [0.4, 0.5) is 10.2 Å². The number of pyridine rings is 1. The van der Waals surface area contributed by atoms with E-state index in [0.29, 0.717) is 18.2 Å². The zero-order chi connectivity index (χ0) is 21.1. The highest BCUT2D eigenvalue weighted by atomic mass is 32.1. The molecule has 2 N–H and O–H groups in total. The highest BCUT2D eigenvalue weighted by molar-refractivity contribution is 7.19. The molecule has 0 spiro atoms. The first kappa shape index (κ1) is 19.9. The second-order valence-corrected chi connectivity index (χ2v) is 7.94. The zero-order valence-corrected chi connectivity index (χ0v) is 17.4. The molecule has 3 aromatic heterocycles. The van der Waals surface area contributed by atoms with E-state index in [0.717, 1.165) is 31.9 Å². The molecule has 0 fully saturated rings. The fraction of sp³-hybridized carbons (Fsp3) is 0.182. The molecule has 152 valence electrons. The third kappa shape index (κ3) is 4.13. The van der Waals surface area contributed by atoms with E-state index >= 15 is 0 Å². The van der Waals surface area contributed by atoms with E-state index < -0.39 is 0 Å². The average Bonchev–Trinajstić information content (AvgIpc) is 3.09. The molecular weight excluding hydrogens is 401 g/mol. The van der Waals surface area contributed by atoms with E-state index in [1.54, 1.807) is 25.4 Å². The lowest BCUT2D eigenvalue weighted by Gasteiger charge is -2.11. The number of benzene rings is 1. The third-order valence-electron chi connectivity index (χ3n) is 4.67. The number of nitrogens with zero attached hydrogens (tertiary/aromatic N) is 3. The van der Waals surface area contributed by atoms with E-state index in [9.17, 15) is 9.18 Å². The number of thiophene rings is 1. The van der Waals surface area contributed by atoms with Gasteiger partial charge in [-0.3, -0.25) is 9.78 Å². The molecule has 1 aromatic carbocycles. The first-order valence-electron chi connectivity index (χ1n) is 9.45. The topological polar surface area (TPSA) is 79.8 Å². The Morgan fingerprint density at radius 1 is 1.13 bits per heavy atom. The van der Waals surface area contributed by atoms with Crippen LogP contribution in [-0.2, 0) is 17.8 Å². The van der Waals surface area contributed by atoms with Crippen LogP contribution in [-0.4, -0.2) is 27.9 Å². The molecule has 1 amide bonds.